The quantitative estimate of drug-likeness (QED) is 0.375. The SMILES string of the molecule is COCCN1NC(c2ccc(C(=O)NCC(F)(F)F)cc2)N=C1Nc1ccc2[nH]ncc2c1C1CC1. The van der Waals surface area contributed by atoms with E-state index in [1.807, 2.05) is 28.7 Å². The standard InChI is InChI=1S/C24H26F3N7O2/c1-36-11-10-34-23(30-19-9-8-18-17(12-29-32-18)20(19)14-2-3-14)31-21(33-34)15-4-6-16(7-5-15)22(35)28-13-24(25,26)27/h4-9,12,14,21,33H,2-3,10-11,13H2,1H3,(H,28,35)(H,29,32)(H,30,31). The number of benzene rings is 2. The zero-order valence-corrected chi connectivity index (χ0v) is 19.5. The minimum absolute atomic E-state index is 0.141. The number of carbonyl (C=O) groups excluding carboxylic acids is 1. The van der Waals surface area contributed by atoms with Gasteiger partial charge < -0.3 is 15.4 Å². The molecular weight excluding hydrogens is 475 g/mol. The molecule has 1 saturated carbocycles. The van der Waals surface area contributed by atoms with Gasteiger partial charge in [0.05, 0.1) is 24.9 Å². The number of nitrogens with one attached hydrogen (secondary N) is 4. The number of aromatic nitrogens is 2. The second-order valence-corrected chi connectivity index (χ2v) is 8.81. The zero-order valence-electron chi connectivity index (χ0n) is 19.5. The number of anilines is 1. The molecule has 1 atom stereocenters. The van der Waals surface area contributed by atoms with Crippen LogP contribution in [0.1, 0.15) is 46.4 Å². The summed E-state index contributed by atoms with van der Waals surface area (Å²) in [6.07, 6.45) is -0.806. The number of methoxy groups -OCH3 is 1. The van der Waals surface area contributed by atoms with Crippen LogP contribution in [0.25, 0.3) is 10.9 Å². The molecule has 2 heterocycles. The van der Waals surface area contributed by atoms with E-state index in [4.69, 9.17) is 9.73 Å². The Morgan fingerprint density at radius 2 is 1.97 bits per heavy atom. The van der Waals surface area contributed by atoms with E-state index in [9.17, 15) is 18.0 Å². The van der Waals surface area contributed by atoms with E-state index in [2.05, 4.69) is 20.9 Å². The van der Waals surface area contributed by atoms with Crippen molar-refractivity contribution in [1.29, 1.82) is 0 Å². The number of carbonyl (C=O) groups is 1. The average molecular weight is 502 g/mol. The molecule has 1 aliphatic carbocycles. The first kappa shape index (κ1) is 24.1. The van der Waals surface area contributed by atoms with Crippen molar-refractivity contribution in [2.24, 2.45) is 4.99 Å². The first-order chi connectivity index (χ1) is 17.3. The van der Waals surface area contributed by atoms with Crippen LogP contribution in [0.3, 0.4) is 0 Å². The monoisotopic (exact) mass is 501 g/mol. The number of aromatic amines is 1. The minimum Gasteiger partial charge on any atom is -0.383 e. The number of fused-ring (bicyclic) bond motifs is 1. The number of aliphatic imine (C=N–C) groups is 1. The van der Waals surface area contributed by atoms with Gasteiger partial charge in [-0.1, -0.05) is 12.1 Å². The van der Waals surface area contributed by atoms with Crippen LogP contribution in [0.4, 0.5) is 18.9 Å². The third kappa shape index (κ3) is 5.29. The molecule has 36 heavy (non-hydrogen) atoms. The highest BCUT2D eigenvalue weighted by Gasteiger charge is 2.32. The van der Waals surface area contributed by atoms with Crippen molar-refractivity contribution in [3.8, 4) is 0 Å². The third-order valence-corrected chi connectivity index (χ3v) is 6.14. The van der Waals surface area contributed by atoms with Gasteiger partial charge in [0.15, 0.2) is 0 Å². The molecule has 2 aromatic carbocycles. The maximum Gasteiger partial charge on any atom is 0.405 e. The molecule has 1 aliphatic heterocycles. The minimum atomic E-state index is -4.46. The number of halogens is 3. The van der Waals surface area contributed by atoms with Crippen LogP contribution >= 0.6 is 0 Å². The first-order valence-electron chi connectivity index (χ1n) is 11.6. The lowest BCUT2D eigenvalue weighted by atomic mass is 10.0. The van der Waals surface area contributed by atoms with Crippen LogP contribution in [0.5, 0.6) is 0 Å². The average Bonchev–Trinajstić information content (AvgIpc) is 3.44. The van der Waals surface area contributed by atoms with E-state index in [1.54, 1.807) is 19.2 Å². The molecule has 1 unspecified atom stereocenters. The Morgan fingerprint density at radius 1 is 1.19 bits per heavy atom. The fourth-order valence-corrected chi connectivity index (χ4v) is 4.21. The predicted octanol–water partition coefficient (Wildman–Crippen LogP) is 3.67. The second-order valence-electron chi connectivity index (χ2n) is 8.81. The molecule has 2 aliphatic rings. The number of alkyl halides is 3. The molecular formula is C24H26F3N7O2. The van der Waals surface area contributed by atoms with Crippen LogP contribution < -0.4 is 16.1 Å². The van der Waals surface area contributed by atoms with Crippen LogP contribution in [-0.4, -0.2) is 60.1 Å². The van der Waals surface area contributed by atoms with Crippen LogP contribution in [0, 0.1) is 0 Å². The molecule has 4 N–H and O–H groups in total. The highest BCUT2D eigenvalue weighted by Crippen LogP contribution is 2.46. The number of nitrogens with zero attached hydrogens (tertiary/aromatic N) is 3. The Hall–Kier alpha value is -3.64. The lowest BCUT2D eigenvalue weighted by molar-refractivity contribution is -0.123. The van der Waals surface area contributed by atoms with Gasteiger partial charge >= 0.3 is 6.18 Å². The zero-order chi connectivity index (χ0) is 25.3. The van der Waals surface area contributed by atoms with E-state index < -0.39 is 24.8 Å². The maximum atomic E-state index is 12.4. The number of amides is 1. The number of ether oxygens (including phenoxy) is 1. The maximum absolute atomic E-state index is 12.4. The molecule has 0 bridgehead atoms. The van der Waals surface area contributed by atoms with Crippen LogP contribution in [-0.2, 0) is 4.74 Å². The summed E-state index contributed by atoms with van der Waals surface area (Å²) in [6.45, 7) is -0.378. The number of hydrazine groups is 1. The van der Waals surface area contributed by atoms with Crippen molar-refractivity contribution in [2.45, 2.75) is 31.1 Å². The Labute approximate surface area is 205 Å². The van der Waals surface area contributed by atoms with Gasteiger partial charge in [-0.15, -0.1) is 0 Å². The fraction of sp³-hybridized carbons (Fsp3) is 0.375. The van der Waals surface area contributed by atoms with Gasteiger partial charge in [-0.25, -0.2) is 10.4 Å². The van der Waals surface area contributed by atoms with Gasteiger partial charge in [-0.3, -0.25) is 14.9 Å². The molecule has 0 saturated heterocycles. The van der Waals surface area contributed by atoms with Gasteiger partial charge in [0.1, 0.15) is 12.7 Å². The Kier molecular flexibility index (Phi) is 6.54. The first-order valence-corrected chi connectivity index (χ1v) is 11.6. The number of hydrogen-bond acceptors (Lipinski definition) is 7. The highest BCUT2D eigenvalue weighted by atomic mass is 19.4. The van der Waals surface area contributed by atoms with E-state index in [1.165, 1.54) is 17.7 Å². The van der Waals surface area contributed by atoms with Gasteiger partial charge in [0.25, 0.3) is 5.91 Å². The lowest BCUT2D eigenvalue weighted by Gasteiger charge is -2.23. The summed E-state index contributed by atoms with van der Waals surface area (Å²) >= 11 is 0. The summed E-state index contributed by atoms with van der Waals surface area (Å²) in [4.78, 5) is 16.8. The molecule has 1 amide bonds. The molecule has 0 spiro atoms. The smallest absolute Gasteiger partial charge is 0.383 e. The van der Waals surface area contributed by atoms with Gasteiger partial charge in [0.2, 0.25) is 5.96 Å². The largest absolute Gasteiger partial charge is 0.405 e. The molecule has 3 aromatic rings. The van der Waals surface area contributed by atoms with E-state index in [0.717, 1.165) is 35.0 Å². The third-order valence-electron chi connectivity index (χ3n) is 6.14. The van der Waals surface area contributed by atoms with Crippen LogP contribution in [0.15, 0.2) is 47.6 Å². The summed E-state index contributed by atoms with van der Waals surface area (Å²) in [7, 11) is 1.62. The number of guanidine groups is 1. The van der Waals surface area contributed by atoms with E-state index in [-0.39, 0.29) is 5.56 Å². The summed E-state index contributed by atoms with van der Waals surface area (Å²) in [5, 5.41) is 15.5. The molecule has 1 aromatic heterocycles. The van der Waals surface area contributed by atoms with Gasteiger partial charge in [-0.2, -0.15) is 18.3 Å². The predicted molar refractivity (Wildman–Crippen MR) is 128 cm³/mol. The normalized spacial score (nSPS) is 17.9. The van der Waals surface area contributed by atoms with Crippen molar-refractivity contribution >= 4 is 28.5 Å². The Bertz CT molecular complexity index is 1270. The molecule has 9 nitrogen and oxygen atoms in total. The molecule has 1 fully saturated rings. The van der Waals surface area contributed by atoms with Crippen molar-refractivity contribution in [3.05, 3.63) is 59.3 Å². The topological polar surface area (TPSA) is 107 Å². The van der Waals surface area contributed by atoms with E-state index >= 15 is 0 Å². The number of hydrogen-bond donors (Lipinski definition) is 4. The number of rotatable bonds is 8. The molecule has 190 valence electrons. The Balaban J connectivity index is 1.36. The second kappa shape index (κ2) is 9.78. The van der Waals surface area contributed by atoms with E-state index in [0.29, 0.717) is 25.0 Å². The van der Waals surface area contributed by atoms with Gasteiger partial charge in [0, 0.05) is 23.7 Å². The van der Waals surface area contributed by atoms with Gasteiger partial charge in [-0.05, 0) is 54.2 Å². The van der Waals surface area contributed by atoms with Crippen molar-refractivity contribution in [1.82, 2.24) is 25.9 Å². The number of H-pyrrole nitrogens is 1. The Morgan fingerprint density at radius 3 is 2.67 bits per heavy atom. The van der Waals surface area contributed by atoms with Crippen molar-refractivity contribution < 1.29 is 22.7 Å². The summed E-state index contributed by atoms with van der Waals surface area (Å²) in [6, 6.07) is 10.3. The molecule has 12 heteroatoms. The lowest BCUT2D eigenvalue weighted by Crippen LogP contribution is -2.43. The highest BCUT2D eigenvalue weighted by molar-refractivity contribution is 5.99. The molecule has 0 radical (unpaired) electrons. The van der Waals surface area contributed by atoms with Crippen molar-refractivity contribution in [3.63, 3.8) is 0 Å². The fourth-order valence-electron chi connectivity index (χ4n) is 4.21. The summed E-state index contributed by atoms with van der Waals surface area (Å²) in [5.74, 6) is 0.310. The summed E-state index contributed by atoms with van der Waals surface area (Å²) in [5.41, 5.74) is 7.39. The van der Waals surface area contributed by atoms with Crippen LogP contribution in [0.2, 0.25) is 0 Å². The summed E-state index contributed by atoms with van der Waals surface area (Å²) < 4.78 is 42.4. The van der Waals surface area contributed by atoms with Crippen molar-refractivity contribution in [2.75, 3.05) is 32.1 Å². The molecule has 5 rings (SSSR count).